The van der Waals surface area contributed by atoms with Gasteiger partial charge in [-0.25, -0.2) is 9.78 Å². The van der Waals surface area contributed by atoms with Crippen LogP contribution in [0.15, 0.2) is 18.3 Å². The SMILES string of the molecule is CCOC(=O)C1NCCc2nc3cc(Cl)ccn3c21. The van der Waals surface area contributed by atoms with E-state index >= 15 is 0 Å². The molecule has 100 valence electrons. The average Bonchev–Trinajstić information content (AvgIpc) is 2.75. The van der Waals surface area contributed by atoms with E-state index in [0.29, 0.717) is 18.2 Å². The quantitative estimate of drug-likeness (QED) is 0.851. The smallest absolute Gasteiger partial charge is 0.329 e. The molecule has 1 N–H and O–H groups in total. The second kappa shape index (κ2) is 4.83. The summed E-state index contributed by atoms with van der Waals surface area (Å²) in [5.41, 5.74) is 2.55. The molecule has 0 saturated heterocycles. The number of aromatic nitrogens is 2. The van der Waals surface area contributed by atoms with Gasteiger partial charge in [0, 0.05) is 30.3 Å². The summed E-state index contributed by atoms with van der Waals surface area (Å²) >= 11 is 5.97. The number of halogens is 1. The number of carbonyl (C=O) groups is 1. The maximum atomic E-state index is 12.0. The fraction of sp³-hybridized carbons (Fsp3) is 0.385. The highest BCUT2D eigenvalue weighted by Crippen LogP contribution is 2.26. The van der Waals surface area contributed by atoms with Crippen molar-refractivity contribution >= 4 is 23.2 Å². The van der Waals surface area contributed by atoms with Crippen molar-refractivity contribution in [2.24, 2.45) is 0 Å². The van der Waals surface area contributed by atoms with Crippen molar-refractivity contribution in [3.8, 4) is 0 Å². The minimum Gasteiger partial charge on any atom is -0.465 e. The first-order chi connectivity index (χ1) is 9.20. The highest BCUT2D eigenvalue weighted by Gasteiger charge is 2.31. The molecule has 5 nitrogen and oxygen atoms in total. The normalized spacial score (nSPS) is 18.3. The summed E-state index contributed by atoms with van der Waals surface area (Å²) in [6, 6.07) is 3.12. The molecular weight excluding hydrogens is 266 g/mol. The van der Waals surface area contributed by atoms with Crippen LogP contribution in [0.3, 0.4) is 0 Å². The van der Waals surface area contributed by atoms with Crippen LogP contribution >= 0.6 is 11.6 Å². The molecule has 1 atom stereocenters. The van der Waals surface area contributed by atoms with Crippen LogP contribution in [0.1, 0.15) is 24.4 Å². The first-order valence-electron chi connectivity index (χ1n) is 6.27. The van der Waals surface area contributed by atoms with Crippen LogP contribution in [0.25, 0.3) is 5.65 Å². The molecule has 0 saturated carbocycles. The molecule has 6 heteroatoms. The molecule has 1 aliphatic rings. The van der Waals surface area contributed by atoms with E-state index in [1.54, 1.807) is 19.1 Å². The molecule has 0 spiro atoms. The van der Waals surface area contributed by atoms with Crippen LogP contribution in [0, 0.1) is 0 Å². The minimum absolute atomic E-state index is 0.264. The molecule has 0 amide bonds. The third kappa shape index (κ3) is 2.09. The molecule has 0 bridgehead atoms. The lowest BCUT2D eigenvalue weighted by atomic mass is 10.1. The van der Waals surface area contributed by atoms with Gasteiger partial charge in [0.05, 0.1) is 18.0 Å². The van der Waals surface area contributed by atoms with E-state index in [-0.39, 0.29) is 5.97 Å². The second-order valence-electron chi connectivity index (χ2n) is 4.41. The number of hydrogen-bond donors (Lipinski definition) is 1. The van der Waals surface area contributed by atoms with Crippen molar-refractivity contribution < 1.29 is 9.53 Å². The number of hydrogen-bond acceptors (Lipinski definition) is 4. The van der Waals surface area contributed by atoms with E-state index in [1.165, 1.54) is 0 Å². The Labute approximate surface area is 115 Å². The van der Waals surface area contributed by atoms with Gasteiger partial charge >= 0.3 is 5.97 Å². The number of imidazole rings is 1. The number of rotatable bonds is 2. The molecule has 2 aromatic heterocycles. The van der Waals surface area contributed by atoms with Gasteiger partial charge in [0.25, 0.3) is 0 Å². The number of esters is 1. The monoisotopic (exact) mass is 279 g/mol. The Morgan fingerprint density at radius 1 is 1.68 bits per heavy atom. The summed E-state index contributed by atoms with van der Waals surface area (Å²) in [7, 11) is 0. The zero-order valence-electron chi connectivity index (χ0n) is 10.5. The fourth-order valence-corrected chi connectivity index (χ4v) is 2.58. The predicted molar refractivity (Wildman–Crippen MR) is 71.3 cm³/mol. The topological polar surface area (TPSA) is 55.6 Å². The van der Waals surface area contributed by atoms with E-state index in [2.05, 4.69) is 10.3 Å². The largest absolute Gasteiger partial charge is 0.465 e. The molecular formula is C13H14ClN3O2. The first kappa shape index (κ1) is 12.4. The van der Waals surface area contributed by atoms with E-state index in [1.807, 2.05) is 10.6 Å². The zero-order chi connectivity index (χ0) is 13.4. The Morgan fingerprint density at radius 3 is 3.32 bits per heavy atom. The Balaban J connectivity index is 2.12. The van der Waals surface area contributed by atoms with Crippen molar-refractivity contribution in [3.63, 3.8) is 0 Å². The highest BCUT2D eigenvalue weighted by molar-refractivity contribution is 6.30. The van der Waals surface area contributed by atoms with E-state index in [4.69, 9.17) is 16.3 Å². The van der Waals surface area contributed by atoms with Crippen LogP contribution in [0.2, 0.25) is 5.02 Å². The van der Waals surface area contributed by atoms with Gasteiger partial charge in [0.1, 0.15) is 11.7 Å². The van der Waals surface area contributed by atoms with Gasteiger partial charge < -0.3 is 9.14 Å². The standard InChI is InChI=1S/C13H14ClN3O2/c1-2-19-13(18)11-12-9(3-5-15-11)16-10-7-8(14)4-6-17(10)12/h4,6-7,11,15H,2-3,5H2,1H3. The lowest BCUT2D eigenvalue weighted by molar-refractivity contribution is -0.146. The molecule has 3 heterocycles. The van der Waals surface area contributed by atoms with Gasteiger partial charge in [-0.15, -0.1) is 0 Å². The summed E-state index contributed by atoms with van der Waals surface area (Å²) in [6.45, 7) is 2.89. The van der Waals surface area contributed by atoms with E-state index < -0.39 is 6.04 Å². The van der Waals surface area contributed by atoms with Gasteiger partial charge in [-0.1, -0.05) is 11.6 Å². The molecule has 1 aliphatic heterocycles. The minimum atomic E-state index is -0.458. The number of nitrogens with zero attached hydrogens (tertiary/aromatic N) is 2. The van der Waals surface area contributed by atoms with Crippen molar-refractivity contribution in [2.75, 3.05) is 13.2 Å². The molecule has 0 aliphatic carbocycles. The van der Waals surface area contributed by atoms with Gasteiger partial charge in [-0.05, 0) is 13.0 Å². The molecule has 19 heavy (non-hydrogen) atoms. The Hall–Kier alpha value is -1.59. The van der Waals surface area contributed by atoms with Crippen LogP contribution in [-0.2, 0) is 16.0 Å². The Kier molecular flexibility index (Phi) is 3.16. The zero-order valence-corrected chi connectivity index (χ0v) is 11.3. The lowest BCUT2D eigenvalue weighted by Crippen LogP contribution is -2.36. The van der Waals surface area contributed by atoms with Gasteiger partial charge in [-0.3, -0.25) is 5.32 Å². The average molecular weight is 280 g/mol. The van der Waals surface area contributed by atoms with Crippen LogP contribution in [0.4, 0.5) is 0 Å². The van der Waals surface area contributed by atoms with Crippen molar-refractivity contribution in [3.05, 3.63) is 34.7 Å². The highest BCUT2D eigenvalue weighted by atomic mass is 35.5. The van der Waals surface area contributed by atoms with Gasteiger partial charge in [-0.2, -0.15) is 0 Å². The molecule has 0 radical (unpaired) electrons. The number of nitrogens with one attached hydrogen (secondary N) is 1. The number of carbonyl (C=O) groups excluding carboxylic acids is 1. The summed E-state index contributed by atoms with van der Waals surface area (Å²) in [4.78, 5) is 16.6. The van der Waals surface area contributed by atoms with Crippen LogP contribution in [0.5, 0.6) is 0 Å². The third-order valence-corrected chi connectivity index (χ3v) is 3.44. The fourth-order valence-electron chi connectivity index (χ4n) is 2.43. The predicted octanol–water partition coefficient (Wildman–Crippen LogP) is 1.74. The summed E-state index contributed by atoms with van der Waals surface area (Å²) in [5.74, 6) is -0.264. The molecule has 3 rings (SSSR count). The van der Waals surface area contributed by atoms with E-state index in [0.717, 1.165) is 23.5 Å². The van der Waals surface area contributed by atoms with Gasteiger partial charge in [0.2, 0.25) is 0 Å². The lowest BCUT2D eigenvalue weighted by Gasteiger charge is -2.22. The molecule has 1 unspecified atom stereocenters. The Bertz CT molecular complexity index is 638. The van der Waals surface area contributed by atoms with Crippen molar-refractivity contribution in [2.45, 2.75) is 19.4 Å². The van der Waals surface area contributed by atoms with E-state index in [9.17, 15) is 4.79 Å². The number of pyridine rings is 1. The van der Waals surface area contributed by atoms with Crippen molar-refractivity contribution in [1.29, 1.82) is 0 Å². The third-order valence-electron chi connectivity index (χ3n) is 3.21. The Morgan fingerprint density at radius 2 is 2.53 bits per heavy atom. The number of ether oxygens (including phenoxy) is 1. The molecule has 0 fully saturated rings. The number of fused-ring (bicyclic) bond motifs is 3. The maximum Gasteiger partial charge on any atom is 0.329 e. The van der Waals surface area contributed by atoms with Crippen molar-refractivity contribution in [1.82, 2.24) is 14.7 Å². The molecule has 2 aromatic rings. The molecule has 0 aromatic carbocycles. The first-order valence-corrected chi connectivity index (χ1v) is 6.65. The van der Waals surface area contributed by atoms with Gasteiger partial charge in [0.15, 0.2) is 0 Å². The van der Waals surface area contributed by atoms with Crippen LogP contribution in [-0.4, -0.2) is 28.5 Å². The summed E-state index contributed by atoms with van der Waals surface area (Å²) in [6.07, 6.45) is 2.63. The maximum absolute atomic E-state index is 12.0. The summed E-state index contributed by atoms with van der Waals surface area (Å²) in [5, 5.41) is 3.82. The second-order valence-corrected chi connectivity index (χ2v) is 4.84. The summed E-state index contributed by atoms with van der Waals surface area (Å²) < 4.78 is 7.01. The van der Waals surface area contributed by atoms with Crippen LogP contribution < -0.4 is 5.32 Å².